The van der Waals surface area contributed by atoms with Gasteiger partial charge in [-0.25, -0.2) is 9.78 Å². The van der Waals surface area contributed by atoms with E-state index in [1.54, 1.807) is 17.2 Å². The van der Waals surface area contributed by atoms with Crippen molar-refractivity contribution in [2.45, 2.75) is 12.5 Å². The number of amides is 2. The lowest BCUT2D eigenvalue weighted by Gasteiger charge is -2.19. The minimum Gasteiger partial charge on any atom is -0.472 e. The van der Waals surface area contributed by atoms with Crippen molar-refractivity contribution in [1.29, 1.82) is 0 Å². The van der Waals surface area contributed by atoms with Gasteiger partial charge in [0, 0.05) is 25.2 Å². The zero-order valence-corrected chi connectivity index (χ0v) is 11.6. The Morgan fingerprint density at radius 3 is 3.05 bits per heavy atom. The number of carbonyl (C=O) groups excluding carboxylic acids is 2. The van der Waals surface area contributed by atoms with Gasteiger partial charge in [0.1, 0.15) is 19.3 Å². The molecule has 7 heteroatoms. The summed E-state index contributed by atoms with van der Waals surface area (Å²) in [6.07, 6.45) is 1.98. The maximum Gasteiger partial charge on any atom is 0.410 e. The molecule has 1 aromatic heterocycles. The van der Waals surface area contributed by atoms with Crippen LogP contribution < -0.4 is 4.74 Å². The molecule has 3 rings (SSSR count). The Bertz CT molecular complexity index is 522. The monoisotopic (exact) mass is 291 g/mol. The fourth-order valence-corrected chi connectivity index (χ4v) is 2.47. The number of pyridine rings is 1. The lowest BCUT2D eigenvalue weighted by atomic mass is 10.3. The number of likely N-dealkylation sites (tertiary alicyclic amines) is 1. The normalized spacial score (nSPS) is 21.5. The van der Waals surface area contributed by atoms with Gasteiger partial charge in [-0.15, -0.1) is 0 Å². The van der Waals surface area contributed by atoms with Gasteiger partial charge in [-0.3, -0.25) is 9.69 Å². The number of hydrogen-bond acceptors (Lipinski definition) is 5. The van der Waals surface area contributed by atoms with Crippen LogP contribution in [0.2, 0.25) is 0 Å². The Morgan fingerprint density at radius 2 is 2.33 bits per heavy atom. The molecular formula is C14H17N3O4. The van der Waals surface area contributed by atoms with E-state index < -0.39 is 6.09 Å². The SMILES string of the molecule is O=C(CN1CCOC1=O)N1CC[C@H](Oc2ccccn2)C1. The van der Waals surface area contributed by atoms with Gasteiger partial charge in [-0.1, -0.05) is 6.07 Å². The van der Waals surface area contributed by atoms with Gasteiger partial charge < -0.3 is 14.4 Å². The fraction of sp³-hybridized carbons (Fsp3) is 0.500. The molecule has 0 spiro atoms. The van der Waals surface area contributed by atoms with Crippen LogP contribution in [0, 0.1) is 0 Å². The van der Waals surface area contributed by atoms with E-state index in [1.165, 1.54) is 4.90 Å². The van der Waals surface area contributed by atoms with Crippen molar-refractivity contribution in [3.05, 3.63) is 24.4 Å². The number of cyclic esters (lactones) is 1. The molecule has 1 atom stereocenters. The Hall–Kier alpha value is -2.31. The lowest BCUT2D eigenvalue weighted by Crippen LogP contribution is -2.40. The van der Waals surface area contributed by atoms with Crippen molar-refractivity contribution >= 4 is 12.0 Å². The van der Waals surface area contributed by atoms with Crippen LogP contribution in [0.15, 0.2) is 24.4 Å². The molecule has 0 aliphatic carbocycles. The highest BCUT2D eigenvalue weighted by atomic mass is 16.6. The second kappa shape index (κ2) is 5.99. The van der Waals surface area contributed by atoms with Gasteiger partial charge >= 0.3 is 6.09 Å². The summed E-state index contributed by atoms with van der Waals surface area (Å²) in [5.41, 5.74) is 0. The van der Waals surface area contributed by atoms with Crippen molar-refractivity contribution in [3.8, 4) is 5.88 Å². The van der Waals surface area contributed by atoms with Crippen molar-refractivity contribution in [2.24, 2.45) is 0 Å². The van der Waals surface area contributed by atoms with Crippen LogP contribution in [0.1, 0.15) is 6.42 Å². The van der Waals surface area contributed by atoms with Crippen molar-refractivity contribution < 1.29 is 19.1 Å². The number of rotatable bonds is 4. The molecule has 0 aromatic carbocycles. The van der Waals surface area contributed by atoms with Gasteiger partial charge in [0.15, 0.2) is 0 Å². The van der Waals surface area contributed by atoms with Crippen LogP contribution in [0.25, 0.3) is 0 Å². The van der Waals surface area contributed by atoms with Crippen molar-refractivity contribution in [3.63, 3.8) is 0 Å². The Labute approximate surface area is 122 Å². The highest BCUT2D eigenvalue weighted by molar-refractivity contribution is 5.83. The highest BCUT2D eigenvalue weighted by Gasteiger charge is 2.31. The number of carbonyl (C=O) groups is 2. The number of aromatic nitrogens is 1. The topological polar surface area (TPSA) is 72.0 Å². The molecule has 7 nitrogen and oxygen atoms in total. The van der Waals surface area contributed by atoms with Crippen LogP contribution in [0.3, 0.4) is 0 Å². The Morgan fingerprint density at radius 1 is 1.43 bits per heavy atom. The first-order valence-electron chi connectivity index (χ1n) is 6.99. The molecule has 0 saturated carbocycles. The van der Waals surface area contributed by atoms with E-state index in [4.69, 9.17) is 9.47 Å². The summed E-state index contributed by atoms with van der Waals surface area (Å²) in [6, 6.07) is 5.48. The Balaban J connectivity index is 1.50. The van der Waals surface area contributed by atoms with E-state index in [9.17, 15) is 9.59 Å². The summed E-state index contributed by atoms with van der Waals surface area (Å²) in [6.45, 7) is 2.08. The molecule has 0 unspecified atom stereocenters. The zero-order valence-electron chi connectivity index (χ0n) is 11.6. The predicted molar refractivity (Wildman–Crippen MR) is 72.8 cm³/mol. The van der Waals surface area contributed by atoms with E-state index in [1.807, 2.05) is 12.1 Å². The first-order chi connectivity index (χ1) is 10.2. The molecule has 2 aliphatic heterocycles. The van der Waals surface area contributed by atoms with Gasteiger partial charge in [0.25, 0.3) is 0 Å². The molecular weight excluding hydrogens is 274 g/mol. The number of ether oxygens (including phenoxy) is 2. The average Bonchev–Trinajstić information content (AvgIpc) is 3.10. The first kappa shape index (κ1) is 13.7. The third kappa shape index (κ3) is 3.24. The van der Waals surface area contributed by atoms with Gasteiger partial charge in [-0.05, 0) is 6.07 Å². The van der Waals surface area contributed by atoms with E-state index in [0.717, 1.165) is 6.42 Å². The molecule has 2 saturated heterocycles. The van der Waals surface area contributed by atoms with Crippen LogP contribution >= 0.6 is 0 Å². The number of hydrogen-bond donors (Lipinski definition) is 0. The summed E-state index contributed by atoms with van der Waals surface area (Å²) in [4.78, 5) is 30.7. The third-order valence-corrected chi connectivity index (χ3v) is 3.59. The van der Waals surface area contributed by atoms with E-state index >= 15 is 0 Å². The molecule has 2 aliphatic rings. The largest absolute Gasteiger partial charge is 0.472 e. The molecule has 112 valence electrons. The quantitative estimate of drug-likeness (QED) is 0.808. The molecule has 2 fully saturated rings. The Kier molecular flexibility index (Phi) is 3.89. The summed E-state index contributed by atoms with van der Waals surface area (Å²) in [5, 5.41) is 0. The second-order valence-electron chi connectivity index (χ2n) is 5.07. The molecule has 0 N–H and O–H groups in total. The predicted octanol–water partition coefficient (Wildman–Crippen LogP) is 0.513. The minimum atomic E-state index is -0.413. The molecule has 21 heavy (non-hydrogen) atoms. The molecule has 3 heterocycles. The minimum absolute atomic E-state index is 0.0469. The van der Waals surface area contributed by atoms with Crippen LogP contribution in [-0.4, -0.2) is 65.7 Å². The molecule has 0 bridgehead atoms. The number of nitrogens with zero attached hydrogens (tertiary/aromatic N) is 3. The van der Waals surface area contributed by atoms with Gasteiger partial charge in [0.2, 0.25) is 11.8 Å². The van der Waals surface area contributed by atoms with Crippen molar-refractivity contribution in [2.75, 3.05) is 32.8 Å². The van der Waals surface area contributed by atoms with Crippen molar-refractivity contribution in [1.82, 2.24) is 14.8 Å². The standard InChI is InChI=1S/C14H17N3O4/c18-13(10-17-7-8-20-14(17)19)16-6-4-11(9-16)21-12-3-1-2-5-15-12/h1-3,5,11H,4,6-10H2/t11-/m0/s1. The summed E-state index contributed by atoms with van der Waals surface area (Å²) in [7, 11) is 0. The van der Waals surface area contributed by atoms with E-state index in [2.05, 4.69) is 4.98 Å². The zero-order chi connectivity index (χ0) is 14.7. The second-order valence-corrected chi connectivity index (χ2v) is 5.07. The fourth-order valence-electron chi connectivity index (χ4n) is 2.47. The third-order valence-electron chi connectivity index (χ3n) is 3.59. The van der Waals surface area contributed by atoms with Gasteiger partial charge in [0.05, 0.1) is 13.1 Å². The summed E-state index contributed by atoms with van der Waals surface area (Å²) < 4.78 is 10.5. The molecule has 0 radical (unpaired) electrons. The molecule has 1 aromatic rings. The maximum atomic E-state index is 12.2. The highest BCUT2D eigenvalue weighted by Crippen LogP contribution is 2.16. The van der Waals surface area contributed by atoms with Gasteiger partial charge in [-0.2, -0.15) is 0 Å². The molecule has 2 amide bonds. The first-order valence-corrected chi connectivity index (χ1v) is 6.99. The summed E-state index contributed by atoms with van der Waals surface area (Å²) >= 11 is 0. The summed E-state index contributed by atoms with van der Waals surface area (Å²) in [5.74, 6) is 0.501. The van der Waals surface area contributed by atoms with E-state index in [0.29, 0.717) is 32.1 Å². The smallest absolute Gasteiger partial charge is 0.410 e. The van der Waals surface area contributed by atoms with Crippen LogP contribution in [-0.2, 0) is 9.53 Å². The lowest BCUT2D eigenvalue weighted by molar-refractivity contribution is -0.130. The van der Waals surface area contributed by atoms with E-state index in [-0.39, 0.29) is 18.6 Å². The van der Waals surface area contributed by atoms with Crippen LogP contribution in [0.5, 0.6) is 5.88 Å². The average molecular weight is 291 g/mol. The van der Waals surface area contributed by atoms with Crippen LogP contribution in [0.4, 0.5) is 4.79 Å². The maximum absolute atomic E-state index is 12.2.